The molecule has 0 radical (unpaired) electrons. The number of rotatable bonds is 21. The highest BCUT2D eigenvalue weighted by Crippen LogP contribution is 2.34. The van der Waals surface area contributed by atoms with Crippen LogP contribution in [0.4, 0.5) is 5.13 Å². The number of hydrogen-bond donors (Lipinski definition) is 10. The third-order valence-corrected chi connectivity index (χ3v) is 13.0. The molecule has 22 nitrogen and oxygen atoms in total. The molecule has 14 N–H and O–H groups in total. The van der Waals surface area contributed by atoms with Crippen molar-refractivity contribution in [1.29, 1.82) is 0 Å². The lowest BCUT2D eigenvalue weighted by Gasteiger charge is -2.05. The maximum atomic E-state index is 12.1. The molecule has 2 amide bonds. The number of esters is 3. The maximum Gasteiger partial charge on any atom is 0.307 e. The molecule has 27 heteroatoms. The first kappa shape index (κ1) is 78.7. The minimum atomic E-state index is -0.859. The first-order valence-corrected chi connectivity index (χ1v) is 30.6. The van der Waals surface area contributed by atoms with Gasteiger partial charge >= 0.3 is 23.9 Å². The number of aliphatic carboxylic acids is 1. The van der Waals surface area contributed by atoms with Crippen LogP contribution in [-0.4, -0.2) is 93.2 Å². The van der Waals surface area contributed by atoms with Crippen molar-refractivity contribution < 1.29 is 73.0 Å². The molecule has 0 aliphatic rings. The molecule has 488 valence electrons. The fourth-order valence-electron chi connectivity index (χ4n) is 7.34. The molecular weight excluding hydrogens is 1330 g/mol. The Balaban J connectivity index is 0.000000393. The number of hydrogen-bond acceptors (Lipinski definition) is 19. The summed E-state index contributed by atoms with van der Waals surface area (Å²) in [5, 5.41) is 44.4. The number of alkyl halides is 1. The highest BCUT2D eigenvalue weighted by atomic mass is 79.9. The number of carboxylic acid groups (broad SMARTS) is 1. The third-order valence-electron chi connectivity index (χ3n) is 11.5. The number of phenolic OH excluding ortho intramolecular Hbond substituents is 2. The molecule has 0 bridgehead atoms. The summed E-state index contributed by atoms with van der Waals surface area (Å²) in [4.78, 5) is 93.0. The number of anilines is 1. The molecule has 1 heterocycles. The van der Waals surface area contributed by atoms with E-state index in [-0.39, 0.29) is 120 Å². The van der Waals surface area contributed by atoms with Crippen LogP contribution in [0.3, 0.4) is 0 Å². The second kappa shape index (κ2) is 42.6. The number of ketones is 2. The van der Waals surface area contributed by atoms with Crippen molar-refractivity contribution >= 4 is 132 Å². The van der Waals surface area contributed by atoms with E-state index in [1.807, 2.05) is 56.3 Å². The first-order valence-electron chi connectivity index (χ1n) is 27.4. The number of nitrogens with zero attached hydrogens (tertiary/aromatic N) is 1. The number of nitrogens with one attached hydrogen (secondary N) is 2. The summed E-state index contributed by atoms with van der Waals surface area (Å²) < 4.78 is 14.5. The van der Waals surface area contributed by atoms with Crippen molar-refractivity contribution in [3.8, 4) is 22.8 Å². The lowest BCUT2D eigenvalue weighted by Crippen LogP contribution is -2.35. The van der Waals surface area contributed by atoms with Crippen LogP contribution in [0.15, 0.2) is 139 Å². The number of amides is 2. The van der Waals surface area contributed by atoms with Crippen molar-refractivity contribution in [3.05, 3.63) is 200 Å². The van der Waals surface area contributed by atoms with Gasteiger partial charge < -0.3 is 68.2 Å². The topological polar surface area (TPSA) is 386 Å². The Morgan fingerprint density at radius 1 is 0.576 bits per heavy atom. The van der Waals surface area contributed by atoms with Gasteiger partial charge in [0, 0.05) is 49.8 Å². The number of aromatic nitrogens is 1. The van der Waals surface area contributed by atoms with Crippen LogP contribution in [0, 0.1) is 13.8 Å². The van der Waals surface area contributed by atoms with Crippen LogP contribution in [-0.2, 0) is 99.9 Å². The Hall–Kier alpha value is -9.38. The van der Waals surface area contributed by atoms with Gasteiger partial charge in [0.2, 0.25) is 11.8 Å². The van der Waals surface area contributed by atoms with Crippen LogP contribution >= 0.6 is 63.9 Å². The van der Waals surface area contributed by atoms with Gasteiger partial charge in [-0.05, 0) is 100 Å². The fraction of sp³-hybridized carbons (Fsp3) is 0.231. The van der Waals surface area contributed by atoms with Gasteiger partial charge in [0.1, 0.15) is 37.1 Å². The van der Waals surface area contributed by atoms with Crippen LogP contribution in [0.25, 0.3) is 11.3 Å². The van der Waals surface area contributed by atoms with E-state index in [9.17, 15) is 48.6 Å². The second-order valence-electron chi connectivity index (χ2n) is 19.5. The summed E-state index contributed by atoms with van der Waals surface area (Å²) in [6.07, 6.45) is 0.847. The number of aryl methyl sites for hydroxylation is 2. The minimum absolute atomic E-state index is 0.000000000000000222. The molecule has 0 saturated heterocycles. The van der Waals surface area contributed by atoms with E-state index in [1.54, 1.807) is 84.2 Å². The molecule has 0 unspecified atom stereocenters. The van der Waals surface area contributed by atoms with Gasteiger partial charge in [0.25, 0.3) is 0 Å². The van der Waals surface area contributed by atoms with E-state index in [2.05, 4.69) is 79.7 Å². The quantitative estimate of drug-likeness (QED) is 0.0106. The highest BCUT2D eigenvalue weighted by molar-refractivity contribution is 9.09. The first-order chi connectivity index (χ1) is 43.4. The molecular formula is C65H72BrN7O15S4. The average molecular weight is 1400 g/mol. The average Bonchev–Trinajstić information content (AvgIpc) is 1.73. The van der Waals surface area contributed by atoms with Gasteiger partial charge in [-0.15, -0.1) is 11.3 Å². The number of ether oxygens (including phenoxy) is 3. The lowest BCUT2D eigenvalue weighted by molar-refractivity contribution is -0.143. The molecule has 1 aromatic heterocycles. The van der Waals surface area contributed by atoms with E-state index >= 15 is 0 Å². The van der Waals surface area contributed by atoms with Crippen LogP contribution in [0.2, 0.25) is 0 Å². The number of phenols is 2. The molecule has 0 fully saturated rings. The zero-order chi connectivity index (χ0) is 68.9. The Morgan fingerprint density at radius 3 is 1.39 bits per heavy atom. The van der Waals surface area contributed by atoms with Gasteiger partial charge in [0.05, 0.1) is 48.3 Å². The van der Waals surface area contributed by atoms with Gasteiger partial charge in [-0.25, -0.2) is 4.98 Å². The third kappa shape index (κ3) is 35.1. The number of aromatic hydroxyl groups is 2. The normalized spacial score (nSPS) is 9.82. The number of carbonyl (C=O) groups excluding carboxylic acids is 7. The molecule has 0 aliphatic heterocycles. The molecule has 0 spiro atoms. The Labute approximate surface area is 560 Å². The lowest BCUT2D eigenvalue weighted by atomic mass is 10.0. The number of aliphatic hydroxyl groups excluding tert-OH is 1. The molecule has 0 saturated carbocycles. The summed E-state index contributed by atoms with van der Waals surface area (Å²) in [7, 11) is 0. The van der Waals surface area contributed by atoms with Crippen molar-refractivity contribution in [3.63, 3.8) is 0 Å². The number of thiocarbonyl (C=S) groups is 3. The van der Waals surface area contributed by atoms with E-state index in [4.69, 9.17) is 35.9 Å². The summed E-state index contributed by atoms with van der Waals surface area (Å²) in [6, 6.07) is 38.7. The SMILES string of the molecule is CC(=O)OCc1ccc(CC(=O)CC(N)=S)cc1.CC(=O)OCc1ccc(CC(=O)NC(N)=S)cc1.CC(=O)OCc1ccc(CC(=O)O)cc1.Cc1ccc(C(=O)CBr)c(C)c1.NC(N)=S.O=C(Cc1ccc(CO)cc1)Nc1nc(-c2ccc(O)cc2O)cs1. The summed E-state index contributed by atoms with van der Waals surface area (Å²) in [5.74, 6) is -2.25. The van der Waals surface area contributed by atoms with Crippen molar-refractivity contribution in [2.75, 3.05) is 10.6 Å². The van der Waals surface area contributed by atoms with E-state index < -0.39 is 5.97 Å². The number of aliphatic hydroxyl groups is 1. The molecule has 6 aromatic carbocycles. The Bertz CT molecular complexity index is 3540. The number of thiazole rings is 1. The molecule has 92 heavy (non-hydrogen) atoms. The zero-order valence-electron chi connectivity index (χ0n) is 50.9. The predicted octanol–water partition coefficient (Wildman–Crippen LogP) is 8.53. The number of benzene rings is 6. The molecule has 7 rings (SSSR count). The Kier molecular flexibility index (Phi) is 36.4. The number of carboxylic acids is 1. The van der Waals surface area contributed by atoms with Crippen LogP contribution < -0.4 is 33.6 Å². The minimum Gasteiger partial charge on any atom is -0.508 e. The summed E-state index contributed by atoms with van der Waals surface area (Å²) >= 11 is 17.7. The van der Waals surface area contributed by atoms with Crippen LogP contribution in [0.1, 0.15) is 93.2 Å². The van der Waals surface area contributed by atoms with E-state index in [0.717, 1.165) is 55.6 Å². The van der Waals surface area contributed by atoms with E-state index in [1.165, 1.54) is 49.8 Å². The van der Waals surface area contributed by atoms with Gasteiger partial charge in [-0.3, -0.25) is 38.4 Å². The smallest absolute Gasteiger partial charge is 0.307 e. The summed E-state index contributed by atoms with van der Waals surface area (Å²) in [6.45, 7) is 8.72. The van der Waals surface area contributed by atoms with E-state index in [0.29, 0.717) is 28.1 Å². The zero-order valence-corrected chi connectivity index (χ0v) is 55.7. The number of nitrogens with two attached hydrogens (primary N) is 4. The van der Waals surface area contributed by atoms with Gasteiger partial charge in [0.15, 0.2) is 21.1 Å². The largest absolute Gasteiger partial charge is 0.508 e. The van der Waals surface area contributed by atoms with Crippen LogP contribution in [0.5, 0.6) is 11.5 Å². The van der Waals surface area contributed by atoms with Gasteiger partial charge in [-0.2, -0.15) is 0 Å². The molecule has 7 aromatic rings. The standard InChI is InChI=1S/C18H16N2O4S.C13H15NO3S.C12H14N2O3S.C11H12O4.C10H11BrO.CH4N2S/c21-9-12-3-1-11(2-4-12)7-17(24)20-18-19-15(10-25-18)14-6-5-13(22)8-16(14)23;1-9(15)17-8-11-4-2-10(3-5-11)6-12(16)7-13(14)18;1-8(15)17-7-10-4-2-9(3-5-10)6-11(16)14-12(13)18;1-8(12)15-7-10-4-2-9(3-5-10)6-11(13)14;1-7-3-4-9(8(2)5-7)10(12)6-11;2-1(3)4/h1-6,8,10,21-23H,7,9H2,(H,19,20,24);2-5H,6-8H2,1H3,(H2,14,18);2-5H,6-7H2,1H3,(H3,13,14,16,18);2-5H,6-7H2,1H3,(H,13,14);3-5H,6H2,1-2H3;(H4,2,3,4). The summed E-state index contributed by atoms with van der Waals surface area (Å²) in [5.41, 5.74) is 30.5. The predicted molar refractivity (Wildman–Crippen MR) is 366 cm³/mol. The second-order valence-corrected chi connectivity index (χ2v) is 22.4. The number of Topliss-reactive ketones (excluding diaryl/α,β-unsaturated/α-hetero) is 2. The van der Waals surface area contributed by atoms with Crippen molar-refractivity contribution in [1.82, 2.24) is 10.3 Å². The van der Waals surface area contributed by atoms with Gasteiger partial charge in [-0.1, -0.05) is 149 Å². The van der Waals surface area contributed by atoms with Crippen molar-refractivity contribution in [2.45, 2.75) is 93.2 Å². The maximum absolute atomic E-state index is 12.1. The number of carbonyl (C=O) groups is 8. The van der Waals surface area contributed by atoms with Crippen molar-refractivity contribution in [2.24, 2.45) is 22.9 Å². The number of halogens is 1. The highest BCUT2D eigenvalue weighted by Gasteiger charge is 2.13. The fourth-order valence-corrected chi connectivity index (χ4v) is 8.65. The Morgan fingerprint density at radius 2 is 1.00 bits per heavy atom. The monoisotopic (exact) mass is 1400 g/mol. The molecule has 0 aliphatic carbocycles. The molecule has 0 atom stereocenters.